The molecule has 0 aliphatic rings. The zero-order valence-electron chi connectivity index (χ0n) is 12.9. The van der Waals surface area contributed by atoms with Gasteiger partial charge in [-0.15, -0.1) is 5.10 Å². The third-order valence-electron chi connectivity index (χ3n) is 3.29. The maximum absolute atomic E-state index is 11.9. The van der Waals surface area contributed by atoms with E-state index in [1.807, 2.05) is 20.8 Å². The number of hydrogen-bond acceptors (Lipinski definition) is 6. The SMILES string of the molecule is CCCCC(=O)N[C@H](c1nnc(S(C)(=O)=O)o1)[C@H](C)CC. The first-order valence-corrected chi connectivity index (χ1v) is 9.01. The highest BCUT2D eigenvalue weighted by Crippen LogP contribution is 2.24. The maximum atomic E-state index is 11.9. The van der Waals surface area contributed by atoms with Gasteiger partial charge in [0.1, 0.15) is 6.04 Å². The van der Waals surface area contributed by atoms with Crippen molar-refractivity contribution in [3.63, 3.8) is 0 Å². The van der Waals surface area contributed by atoms with Gasteiger partial charge in [0.05, 0.1) is 0 Å². The van der Waals surface area contributed by atoms with Crippen molar-refractivity contribution in [2.45, 2.75) is 57.7 Å². The molecule has 1 N–H and O–H groups in total. The predicted molar refractivity (Wildman–Crippen MR) is 77.3 cm³/mol. The van der Waals surface area contributed by atoms with Gasteiger partial charge in [-0.3, -0.25) is 4.79 Å². The topological polar surface area (TPSA) is 102 Å². The third-order valence-corrected chi connectivity index (χ3v) is 4.09. The Hall–Kier alpha value is -1.44. The molecule has 0 saturated carbocycles. The number of nitrogens with one attached hydrogen (secondary N) is 1. The van der Waals surface area contributed by atoms with Crippen LogP contribution in [-0.4, -0.2) is 30.8 Å². The molecule has 0 spiro atoms. The Kier molecular flexibility index (Phi) is 6.32. The smallest absolute Gasteiger partial charge is 0.335 e. The molecule has 0 bridgehead atoms. The number of amides is 1. The number of hydrogen-bond donors (Lipinski definition) is 1. The summed E-state index contributed by atoms with van der Waals surface area (Å²) >= 11 is 0. The van der Waals surface area contributed by atoms with E-state index in [1.165, 1.54) is 0 Å². The highest BCUT2D eigenvalue weighted by atomic mass is 32.2. The summed E-state index contributed by atoms with van der Waals surface area (Å²) in [5.74, 6) is 0.0966. The standard InChI is InChI=1S/C13H23N3O4S/c1-5-7-8-10(17)14-11(9(3)6-2)12-15-16-13(20-12)21(4,18)19/h9,11H,5-8H2,1-4H3,(H,14,17)/t9-,11+/m1/s1. The molecule has 0 unspecified atom stereocenters. The molecule has 0 aliphatic carbocycles. The lowest BCUT2D eigenvalue weighted by Crippen LogP contribution is -2.32. The van der Waals surface area contributed by atoms with E-state index in [1.54, 1.807) is 0 Å². The Bertz CT molecular complexity index is 568. The Labute approximate surface area is 125 Å². The van der Waals surface area contributed by atoms with E-state index in [-0.39, 0.29) is 17.7 Å². The number of unbranched alkanes of at least 4 members (excludes halogenated alkanes) is 1. The van der Waals surface area contributed by atoms with Gasteiger partial charge < -0.3 is 9.73 Å². The molecule has 1 rings (SSSR count). The fourth-order valence-corrected chi connectivity index (χ4v) is 2.19. The first kappa shape index (κ1) is 17.6. The first-order chi connectivity index (χ1) is 9.79. The van der Waals surface area contributed by atoms with E-state index in [9.17, 15) is 13.2 Å². The van der Waals surface area contributed by atoms with E-state index in [4.69, 9.17) is 4.42 Å². The van der Waals surface area contributed by atoms with Crippen molar-refractivity contribution in [2.24, 2.45) is 5.92 Å². The number of aromatic nitrogens is 2. The lowest BCUT2D eigenvalue weighted by atomic mass is 9.99. The fourth-order valence-electron chi connectivity index (χ4n) is 1.76. The molecule has 1 amide bonds. The highest BCUT2D eigenvalue weighted by Gasteiger charge is 2.27. The second-order valence-electron chi connectivity index (χ2n) is 5.21. The van der Waals surface area contributed by atoms with E-state index in [0.29, 0.717) is 6.42 Å². The summed E-state index contributed by atoms with van der Waals surface area (Å²) in [6.45, 7) is 5.93. The number of nitrogens with zero attached hydrogens (tertiary/aromatic N) is 2. The van der Waals surface area contributed by atoms with Crippen molar-refractivity contribution < 1.29 is 17.6 Å². The molecule has 7 nitrogen and oxygen atoms in total. The van der Waals surface area contributed by atoms with Crippen LogP contribution in [0.1, 0.15) is 58.4 Å². The molecule has 0 aromatic carbocycles. The summed E-state index contributed by atoms with van der Waals surface area (Å²) in [5, 5.41) is 9.74. The molecule has 0 radical (unpaired) electrons. The van der Waals surface area contributed by atoms with Crippen LogP contribution in [0.15, 0.2) is 9.64 Å². The largest absolute Gasteiger partial charge is 0.410 e. The van der Waals surface area contributed by atoms with Gasteiger partial charge in [0.15, 0.2) is 0 Å². The zero-order valence-corrected chi connectivity index (χ0v) is 13.7. The molecular weight excluding hydrogens is 294 g/mol. The summed E-state index contributed by atoms with van der Waals surface area (Å²) in [6.07, 6.45) is 3.95. The minimum atomic E-state index is -3.54. The van der Waals surface area contributed by atoms with Crippen LogP contribution in [0.5, 0.6) is 0 Å². The quantitative estimate of drug-likeness (QED) is 0.785. The summed E-state index contributed by atoms with van der Waals surface area (Å²) < 4.78 is 28.0. The minimum Gasteiger partial charge on any atom is -0.410 e. The van der Waals surface area contributed by atoms with Crippen LogP contribution in [0.4, 0.5) is 0 Å². The monoisotopic (exact) mass is 317 g/mol. The molecular formula is C13H23N3O4S. The van der Waals surface area contributed by atoms with Gasteiger partial charge in [0.25, 0.3) is 0 Å². The van der Waals surface area contributed by atoms with E-state index in [2.05, 4.69) is 15.5 Å². The summed E-state index contributed by atoms with van der Waals surface area (Å²) in [6, 6.07) is -0.470. The molecule has 1 aromatic rings. The van der Waals surface area contributed by atoms with Crippen molar-refractivity contribution in [1.82, 2.24) is 15.5 Å². The molecule has 1 aromatic heterocycles. The van der Waals surface area contributed by atoms with Gasteiger partial charge in [-0.05, 0) is 12.3 Å². The molecule has 21 heavy (non-hydrogen) atoms. The lowest BCUT2D eigenvalue weighted by Gasteiger charge is -2.20. The van der Waals surface area contributed by atoms with Crippen LogP contribution < -0.4 is 5.32 Å². The maximum Gasteiger partial charge on any atom is 0.335 e. The number of carbonyl (C=O) groups is 1. The lowest BCUT2D eigenvalue weighted by molar-refractivity contribution is -0.122. The number of sulfone groups is 1. The molecule has 0 saturated heterocycles. The molecule has 8 heteroatoms. The number of carbonyl (C=O) groups excluding carboxylic acids is 1. The number of rotatable bonds is 8. The van der Waals surface area contributed by atoms with Crippen molar-refractivity contribution in [3.8, 4) is 0 Å². The van der Waals surface area contributed by atoms with E-state index in [0.717, 1.165) is 25.5 Å². The van der Waals surface area contributed by atoms with Crippen LogP contribution in [-0.2, 0) is 14.6 Å². The predicted octanol–water partition coefficient (Wildman–Crippen LogP) is 1.87. The molecule has 2 atom stereocenters. The molecule has 0 aliphatic heterocycles. The van der Waals surface area contributed by atoms with Crippen molar-refractivity contribution >= 4 is 15.7 Å². The Balaban J connectivity index is 2.92. The van der Waals surface area contributed by atoms with E-state index < -0.39 is 21.1 Å². The Morgan fingerprint density at radius 3 is 2.48 bits per heavy atom. The zero-order chi connectivity index (χ0) is 16.0. The van der Waals surface area contributed by atoms with Crippen LogP contribution in [0.3, 0.4) is 0 Å². The molecule has 120 valence electrons. The molecule has 1 heterocycles. The Morgan fingerprint density at radius 2 is 2.00 bits per heavy atom. The van der Waals surface area contributed by atoms with Crippen LogP contribution >= 0.6 is 0 Å². The van der Waals surface area contributed by atoms with Crippen molar-refractivity contribution in [2.75, 3.05) is 6.26 Å². The van der Waals surface area contributed by atoms with Gasteiger partial charge in [-0.2, -0.15) is 0 Å². The normalized spacial score (nSPS) is 14.7. The summed E-state index contributed by atoms with van der Waals surface area (Å²) in [5.41, 5.74) is 0. The molecule has 0 fully saturated rings. The van der Waals surface area contributed by atoms with Gasteiger partial charge in [0.2, 0.25) is 21.6 Å². The minimum absolute atomic E-state index is 0.0587. The third kappa shape index (κ3) is 5.11. The fraction of sp³-hybridized carbons (Fsp3) is 0.769. The summed E-state index contributed by atoms with van der Waals surface area (Å²) in [4.78, 5) is 11.9. The van der Waals surface area contributed by atoms with E-state index >= 15 is 0 Å². The summed E-state index contributed by atoms with van der Waals surface area (Å²) in [7, 11) is -3.54. The second kappa shape index (κ2) is 7.53. The Morgan fingerprint density at radius 1 is 1.33 bits per heavy atom. The van der Waals surface area contributed by atoms with Crippen LogP contribution in [0, 0.1) is 5.92 Å². The average Bonchev–Trinajstić information content (AvgIpc) is 2.91. The highest BCUT2D eigenvalue weighted by molar-refractivity contribution is 7.90. The van der Waals surface area contributed by atoms with Gasteiger partial charge >= 0.3 is 5.22 Å². The van der Waals surface area contributed by atoms with Crippen molar-refractivity contribution in [1.29, 1.82) is 0 Å². The average molecular weight is 317 g/mol. The van der Waals surface area contributed by atoms with Gasteiger partial charge in [-0.1, -0.05) is 38.7 Å². The van der Waals surface area contributed by atoms with Crippen LogP contribution in [0.25, 0.3) is 0 Å². The second-order valence-corrected chi connectivity index (χ2v) is 7.11. The first-order valence-electron chi connectivity index (χ1n) is 7.12. The van der Waals surface area contributed by atoms with Gasteiger partial charge in [0, 0.05) is 12.7 Å². The van der Waals surface area contributed by atoms with Crippen molar-refractivity contribution in [3.05, 3.63) is 5.89 Å². The van der Waals surface area contributed by atoms with Crippen LogP contribution in [0.2, 0.25) is 0 Å². The van der Waals surface area contributed by atoms with Gasteiger partial charge in [-0.25, -0.2) is 8.42 Å².